The monoisotopic (exact) mass is 276 g/mol. The number of carbonyl (C=O) groups is 1. The Hall–Kier alpha value is -1.61. The van der Waals surface area contributed by atoms with E-state index in [1.807, 2.05) is 10.3 Å². The quantitative estimate of drug-likeness (QED) is 0.821. The SMILES string of the molecule is N#CC1(C(=O)N2CCN(c3nccs3)CC2)CCC1. The van der Waals surface area contributed by atoms with Gasteiger partial charge in [0.25, 0.3) is 0 Å². The fourth-order valence-corrected chi connectivity index (χ4v) is 3.38. The lowest BCUT2D eigenvalue weighted by Gasteiger charge is -2.41. The van der Waals surface area contributed by atoms with Crippen molar-refractivity contribution >= 4 is 22.4 Å². The number of anilines is 1. The maximum absolute atomic E-state index is 12.4. The van der Waals surface area contributed by atoms with Gasteiger partial charge in [-0.2, -0.15) is 5.26 Å². The Bertz CT molecular complexity index is 495. The lowest BCUT2D eigenvalue weighted by Crippen LogP contribution is -2.54. The standard InChI is InChI=1S/C13H16N4OS/c14-10-13(2-1-3-13)11(18)16-5-7-17(8-6-16)12-15-4-9-19-12/h4,9H,1-3,5-8H2. The first-order chi connectivity index (χ1) is 9.25. The molecule has 0 spiro atoms. The average Bonchev–Trinajstić information content (AvgIpc) is 2.92. The van der Waals surface area contributed by atoms with Crippen LogP contribution in [0.5, 0.6) is 0 Å². The predicted octanol–water partition coefficient (Wildman–Crippen LogP) is 1.49. The van der Waals surface area contributed by atoms with Crippen LogP contribution in [0.3, 0.4) is 0 Å². The van der Waals surface area contributed by atoms with E-state index in [-0.39, 0.29) is 5.91 Å². The minimum Gasteiger partial charge on any atom is -0.345 e. The van der Waals surface area contributed by atoms with Crippen molar-refractivity contribution < 1.29 is 4.79 Å². The molecule has 2 heterocycles. The summed E-state index contributed by atoms with van der Waals surface area (Å²) >= 11 is 1.62. The molecular formula is C13H16N4OS. The van der Waals surface area contributed by atoms with Gasteiger partial charge in [0.05, 0.1) is 6.07 Å². The summed E-state index contributed by atoms with van der Waals surface area (Å²) in [5.41, 5.74) is -0.705. The molecule has 6 heteroatoms. The third kappa shape index (κ3) is 2.08. The maximum atomic E-state index is 12.4. The van der Waals surface area contributed by atoms with Crippen molar-refractivity contribution in [3.8, 4) is 6.07 Å². The Morgan fingerprint density at radius 3 is 2.58 bits per heavy atom. The van der Waals surface area contributed by atoms with Crippen LogP contribution in [0.4, 0.5) is 5.13 Å². The second-order valence-corrected chi connectivity index (χ2v) is 6.01. The van der Waals surface area contributed by atoms with Crippen LogP contribution < -0.4 is 4.90 Å². The number of thiazole rings is 1. The van der Waals surface area contributed by atoms with Gasteiger partial charge < -0.3 is 9.80 Å². The molecule has 1 aliphatic carbocycles. The minimum absolute atomic E-state index is 0.0417. The smallest absolute Gasteiger partial charge is 0.243 e. The van der Waals surface area contributed by atoms with Gasteiger partial charge in [0.2, 0.25) is 5.91 Å². The Kier molecular flexibility index (Phi) is 3.15. The van der Waals surface area contributed by atoms with Crippen molar-refractivity contribution in [1.82, 2.24) is 9.88 Å². The van der Waals surface area contributed by atoms with Crippen LogP contribution in [0, 0.1) is 16.7 Å². The van der Waals surface area contributed by atoms with Crippen LogP contribution in [0.2, 0.25) is 0 Å². The Morgan fingerprint density at radius 2 is 2.11 bits per heavy atom. The first-order valence-corrected chi connectivity index (χ1v) is 7.48. The van der Waals surface area contributed by atoms with E-state index in [9.17, 15) is 10.1 Å². The van der Waals surface area contributed by atoms with Crippen LogP contribution in [-0.4, -0.2) is 42.0 Å². The lowest BCUT2D eigenvalue weighted by atomic mass is 9.69. The number of nitriles is 1. The summed E-state index contributed by atoms with van der Waals surface area (Å²) in [5.74, 6) is 0.0417. The van der Waals surface area contributed by atoms with Crippen LogP contribution >= 0.6 is 11.3 Å². The number of hydrogen-bond acceptors (Lipinski definition) is 5. The largest absolute Gasteiger partial charge is 0.345 e. The van der Waals surface area contributed by atoms with Gasteiger partial charge in [0.15, 0.2) is 5.13 Å². The van der Waals surface area contributed by atoms with Crippen molar-refractivity contribution in [2.45, 2.75) is 19.3 Å². The van der Waals surface area contributed by atoms with E-state index in [4.69, 9.17) is 0 Å². The molecule has 100 valence electrons. The predicted molar refractivity (Wildman–Crippen MR) is 72.8 cm³/mol. The number of hydrogen-bond donors (Lipinski definition) is 0. The molecule has 0 N–H and O–H groups in total. The number of amides is 1. The molecule has 1 aromatic rings. The average molecular weight is 276 g/mol. The number of carbonyl (C=O) groups excluding carboxylic acids is 1. The minimum atomic E-state index is -0.705. The van der Waals surface area contributed by atoms with E-state index in [0.717, 1.165) is 37.5 Å². The third-order valence-electron chi connectivity index (χ3n) is 4.09. The Balaban J connectivity index is 1.61. The van der Waals surface area contributed by atoms with Gasteiger partial charge in [-0.15, -0.1) is 11.3 Å². The summed E-state index contributed by atoms with van der Waals surface area (Å²) in [6.07, 6.45) is 4.26. The third-order valence-corrected chi connectivity index (χ3v) is 4.92. The van der Waals surface area contributed by atoms with E-state index in [0.29, 0.717) is 13.1 Å². The summed E-state index contributed by atoms with van der Waals surface area (Å²) in [5, 5.41) is 12.2. The second kappa shape index (κ2) is 4.82. The van der Waals surface area contributed by atoms with Gasteiger partial charge in [0, 0.05) is 37.8 Å². The van der Waals surface area contributed by atoms with E-state index in [1.54, 1.807) is 17.5 Å². The van der Waals surface area contributed by atoms with Gasteiger partial charge in [-0.3, -0.25) is 4.79 Å². The van der Waals surface area contributed by atoms with Crippen molar-refractivity contribution in [2.24, 2.45) is 5.41 Å². The second-order valence-electron chi connectivity index (χ2n) is 5.14. The Morgan fingerprint density at radius 1 is 1.37 bits per heavy atom. The highest BCUT2D eigenvalue weighted by Crippen LogP contribution is 2.42. The van der Waals surface area contributed by atoms with Crippen molar-refractivity contribution in [3.63, 3.8) is 0 Å². The molecule has 1 aromatic heterocycles. The van der Waals surface area contributed by atoms with Crippen molar-refractivity contribution in [1.29, 1.82) is 5.26 Å². The highest BCUT2D eigenvalue weighted by Gasteiger charge is 2.47. The highest BCUT2D eigenvalue weighted by atomic mass is 32.1. The van der Waals surface area contributed by atoms with Crippen LogP contribution in [-0.2, 0) is 4.79 Å². The molecule has 0 atom stereocenters. The highest BCUT2D eigenvalue weighted by molar-refractivity contribution is 7.13. The van der Waals surface area contributed by atoms with E-state index in [2.05, 4.69) is 16.0 Å². The van der Waals surface area contributed by atoms with E-state index < -0.39 is 5.41 Å². The molecule has 1 saturated heterocycles. The molecule has 1 amide bonds. The van der Waals surface area contributed by atoms with Gasteiger partial charge >= 0.3 is 0 Å². The molecule has 0 bridgehead atoms. The number of rotatable bonds is 2. The molecule has 2 aliphatic rings. The normalized spacial score (nSPS) is 21.6. The number of nitrogens with zero attached hydrogens (tertiary/aromatic N) is 4. The summed E-state index contributed by atoms with van der Waals surface area (Å²) < 4.78 is 0. The van der Waals surface area contributed by atoms with Crippen LogP contribution in [0.1, 0.15) is 19.3 Å². The molecule has 2 fully saturated rings. The molecule has 0 aromatic carbocycles. The fourth-order valence-electron chi connectivity index (χ4n) is 2.68. The molecule has 19 heavy (non-hydrogen) atoms. The summed E-state index contributed by atoms with van der Waals surface area (Å²) in [7, 11) is 0. The molecule has 5 nitrogen and oxygen atoms in total. The van der Waals surface area contributed by atoms with Gasteiger partial charge in [-0.25, -0.2) is 4.98 Å². The summed E-state index contributed by atoms with van der Waals surface area (Å²) in [4.78, 5) is 20.7. The molecule has 0 unspecified atom stereocenters. The maximum Gasteiger partial charge on any atom is 0.243 e. The van der Waals surface area contributed by atoms with Crippen LogP contribution in [0.25, 0.3) is 0 Å². The zero-order chi connectivity index (χ0) is 13.3. The van der Waals surface area contributed by atoms with Crippen LogP contribution in [0.15, 0.2) is 11.6 Å². The van der Waals surface area contributed by atoms with Gasteiger partial charge in [-0.05, 0) is 19.3 Å². The van der Waals surface area contributed by atoms with E-state index >= 15 is 0 Å². The molecule has 3 rings (SSSR count). The topological polar surface area (TPSA) is 60.2 Å². The Labute approximate surface area is 116 Å². The lowest BCUT2D eigenvalue weighted by molar-refractivity contribution is -0.143. The number of piperazine rings is 1. The first-order valence-electron chi connectivity index (χ1n) is 6.60. The summed E-state index contributed by atoms with van der Waals surface area (Å²) in [6, 6.07) is 2.24. The zero-order valence-corrected chi connectivity index (χ0v) is 11.5. The fraction of sp³-hybridized carbons (Fsp3) is 0.615. The van der Waals surface area contributed by atoms with Gasteiger partial charge in [-0.1, -0.05) is 0 Å². The number of aromatic nitrogens is 1. The van der Waals surface area contributed by atoms with E-state index in [1.165, 1.54) is 0 Å². The van der Waals surface area contributed by atoms with Crippen molar-refractivity contribution in [3.05, 3.63) is 11.6 Å². The summed E-state index contributed by atoms with van der Waals surface area (Å²) in [6.45, 7) is 3.01. The molecule has 0 radical (unpaired) electrons. The van der Waals surface area contributed by atoms with Gasteiger partial charge in [0.1, 0.15) is 5.41 Å². The first kappa shape index (κ1) is 12.4. The zero-order valence-electron chi connectivity index (χ0n) is 10.7. The molecule has 1 saturated carbocycles. The molecular weight excluding hydrogens is 260 g/mol. The molecule has 1 aliphatic heterocycles. The van der Waals surface area contributed by atoms with Crippen molar-refractivity contribution in [2.75, 3.05) is 31.1 Å².